The number of nitrogens with one attached hydrogen (secondary N) is 1. The quantitative estimate of drug-likeness (QED) is 0.595. The second-order valence-corrected chi connectivity index (χ2v) is 8.63. The second-order valence-electron chi connectivity index (χ2n) is 8.22. The lowest BCUT2D eigenvalue weighted by molar-refractivity contribution is -0.130. The van der Waals surface area contributed by atoms with E-state index in [2.05, 4.69) is 46.7 Å². The van der Waals surface area contributed by atoms with Crippen LogP contribution in [-0.2, 0) is 17.9 Å². The van der Waals surface area contributed by atoms with Crippen LogP contribution < -0.4 is 5.32 Å². The Morgan fingerprint density at radius 1 is 1.20 bits per heavy atom. The van der Waals surface area contributed by atoms with Crippen LogP contribution in [0.2, 0.25) is 5.02 Å². The normalized spacial score (nSPS) is 11.7. The van der Waals surface area contributed by atoms with Crippen LogP contribution in [0.5, 0.6) is 0 Å². The summed E-state index contributed by atoms with van der Waals surface area (Å²) in [7, 11) is 0. The van der Waals surface area contributed by atoms with Gasteiger partial charge >= 0.3 is 0 Å². The van der Waals surface area contributed by atoms with E-state index in [1.54, 1.807) is 19.9 Å². The van der Waals surface area contributed by atoms with E-state index in [-0.39, 0.29) is 24.0 Å². The van der Waals surface area contributed by atoms with E-state index in [9.17, 15) is 9.18 Å². The average molecular weight is 430 g/mol. The number of carbonyl (C=O) groups excluding carboxylic acids is 1. The van der Waals surface area contributed by atoms with Crippen LogP contribution in [0.1, 0.15) is 44.7 Å². The summed E-state index contributed by atoms with van der Waals surface area (Å²) in [6, 6.07) is 12.1. The van der Waals surface area contributed by atoms with E-state index in [0.29, 0.717) is 17.3 Å². The van der Waals surface area contributed by atoms with Crippen LogP contribution in [0.25, 0.3) is 11.4 Å². The average Bonchev–Trinajstić information content (AvgIpc) is 3.15. The summed E-state index contributed by atoms with van der Waals surface area (Å²) in [6.07, 6.45) is 0. The number of benzene rings is 2. The Bertz CT molecular complexity index is 1030. The third kappa shape index (κ3) is 5.21. The molecule has 1 N–H and O–H groups in total. The van der Waals surface area contributed by atoms with Gasteiger partial charge < -0.3 is 5.32 Å². The molecule has 8 heteroatoms. The zero-order valence-electron chi connectivity index (χ0n) is 17.5. The summed E-state index contributed by atoms with van der Waals surface area (Å²) in [6.45, 7) is 8.35. The third-order valence-electron chi connectivity index (χ3n) is 4.89. The Labute approximate surface area is 180 Å². The molecule has 3 rings (SSSR count). The molecule has 0 spiro atoms. The molecule has 30 heavy (non-hydrogen) atoms. The van der Waals surface area contributed by atoms with Crippen molar-refractivity contribution in [3.05, 3.63) is 64.4 Å². The number of aromatic nitrogens is 4. The highest BCUT2D eigenvalue weighted by Gasteiger charge is 2.29. The van der Waals surface area contributed by atoms with Crippen molar-refractivity contribution < 1.29 is 9.18 Å². The molecule has 0 unspecified atom stereocenters. The van der Waals surface area contributed by atoms with Gasteiger partial charge in [0, 0.05) is 17.1 Å². The molecule has 0 aliphatic carbocycles. The van der Waals surface area contributed by atoms with Gasteiger partial charge in [-0.05, 0) is 48.2 Å². The van der Waals surface area contributed by atoms with Gasteiger partial charge in [0.1, 0.15) is 5.82 Å². The Morgan fingerprint density at radius 2 is 1.90 bits per heavy atom. The lowest BCUT2D eigenvalue weighted by Crippen LogP contribution is -2.39. The molecule has 0 radical (unpaired) electrons. The number of nitrogens with zero attached hydrogens (tertiary/aromatic N) is 4. The monoisotopic (exact) mass is 429 g/mol. The highest BCUT2D eigenvalue weighted by Crippen LogP contribution is 2.22. The smallest absolute Gasteiger partial charge is 0.227 e. The van der Waals surface area contributed by atoms with Crippen LogP contribution in [0, 0.1) is 11.2 Å². The van der Waals surface area contributed by atoms with Crippen molar-refractivity contribution in [2.45, 2.75) is 46.7 Å². The zero-order chi connectivity index (χ0) is 21.9. The summed E-state index contributed by atoms with van der Waals surface area (Å²) >= 11 is 6.02. The van der Waals surface area contributed by atoms with Crippen LogP contribution in [-0.4, -0.2) is 26.1 Å². The maximum absolute atomic E-state index is 13.2. The van der Waals surface area contributed by atoms with Crippen molar-refractivity contribution >= 4 is 17.5 Å². The molecule has 0 aliphatic heterocycles. The number of amides is 1. The van der Waals surface area contributed by atoms with Crippen LogP contribution in [0.3, 0.4) is 0 Å². The van der Waals surface area contributed by atoms with Crippen molar-refractivity contribution in [2.75, 3.05) is 0 Å². The number of tetrazole rings is 1. The molecule has 0 saturated heterocycles. The molecule has 6 nitrogen and oxygen atoms in total. The molecule has 0 aliphatic rings. The summed E-state index contributed by atoms with van der Waals surface area (Å²) in [4.78, 5) is 14.1. The maximum atomic E-state index is 13.2. The predicted molar refractivity (Wildman–Crippen MR) is 114 cm³/mol. The number of carbonyl (C=O) groups is 1. The molecule has 1 heterocycles. The maximum Gasteiger partial charge on any atom is 0.227 e. The van der Waals surface area contributed by atoms with Crippen molar-refractivity contribution in [3.63, 3.8) is 0 Å². The van der Waals surface area contributed by atoms with Crippen molar-refractivity contribution in [1.29, 1.82) is 0 Å². The lowest BCUT2D eigenvalue weighted by atomic mass is 9.92. The zero-order valence-corrected chi connectivity index (χ0v) is 18.2. The molecule has 158 valence electrons. The van der Waals surface area contributed by atoms with Crippen LogP contribution in [0.15, 0.2) is 42.5 Å². The number of rotatable bonds is 7. The second kappa shape index (κ2) is 8.92. The lowest BCUT2D eigenvalue weighted by Gasteiger charge is -2.22. The van der Waals surface area contributed by atoms with E-state index in [1.807, 2.05) is 12.1 Å². The van der Waals surface area contributed by atoms with E-state index >= 15 is 0 Å². The molecule has 0 fully saturated rings. The van der Waals surface area contributed by atoms with E-state index in [0.717, 1.165) is 5.56 Å². The van der Waals surface area contributed by atoms with Crippen LogP contribution in [0.4, 0.5) is 4.39 Å². The Balaban J connectivity index is 1.64. The Morgan fingerprint density at radius 3 is 2.53 bits per heavy atom. The van der Waals surface area contributed by atoms with Gasteiger partial charge in [-0.2, -0.15) is 4.80 Å². The fraction of sp³-hybridized carbons (Fsp3) is 0.364. The Kier molecular flexibility index (Phi) is 6.51. The van der Waals surface area contributed by atoms with Gasteiger partial charge in [0.15, 0.2) is 0 Å². The first kappa shape index (κ1) is 21.9. The molecule has 0 saturated carbocycles. The Hall–Kier alpha value is -2.80. The standard InChI is InChI=1S/C22H25ClFN5O/c1-14(2)15-5-7-16(8-6-15)20-26-28-29(27-20)13-22(3,4)21(30)25-12-17-9-10-18(24)11-19(17)23/h5-11,14H,12-13H2,1-4H3,(H,25,30). The van der Waals surface area contributed by atoms with Gasteiger partial charge in [-0.1, -0.05) is 55.8 Å². The van der Waals surface area contributed by atoms with E-state index < -0.39 is 11.2 Å². The molecular weight excluding hydrogens is 405 g/mol. The molecular formula is C22H25ClFN5O. The third-order valence-corrected chi connectivity index (χ3v) is 5.25. The van der Waals surface area contributed by atoms with Gasteiger partial charge in [-0.25, -0.2) is 4.39 Å². The number of halogens is 2. The summed E-state index contributed by atoms with van der Waals surface area (Å²) in [5.41, 5.74) is 1.98. The van der Waals surface area contributed by atoms with Crippen LogP contribution >= 0.6 is 11.6 Å². The highest BCUT2D eigenvalue weighted by molar-refractivity contribution is 6.31. The molecule has 0 bridgehead atoms. The minimum absolute atomic E-state index is 0.192. The molecule has 1 aromatic heterocycles. The first-order valence-electron chi connectivity index (χ1n) is 9.76. The predicted octanol–water partition coefficient (Wildman–Crippen LogP) is 4.60. The summed E-state index contributed by atoms with van der Waals surface area (Å²) in [5, 5.41) is 15.7. The fourth-order valence-corrected chi connectivity index (χ4v) is 3.18. The number of hydrogen-bond acceptors (Lipinski definition) is 4. The van der Waals surface area contributed by atoms with E-state index in [4.69, 9.17) is 11.6 Å². The van der Waals surface area contributed by atoms with Gasteiger partial charge in [-0.3, -0.25) is 4.79 Å². The highest BCUT2D eigenvalue weighted by atomic mass is 35.5. The molecule has 1 amide bonds. The molecule has 2 aromatic carbocycles. The summed E-state index contributed by atoms with van der Waals surface area (Å²) < 4.78 is 13.2. The minimum atomic E-state index is -0.786. The first-order valence-corrected chi connectivity index (χ1v) is 10.1. The number of hydrogen-bond donors (Lipinski definition) is 1. The van der Waals surface area contributed by atoms with Gasteiger partial charge in [0.2, 0.25) is 11.7 Å². The fourth-order valence-electron chi connectivity index (χ4n) is 2.95. The van der Waals surface area contributed by atoms with Gasteiger partial charge in [0.25, 0.3) is 0 Å². The molecule has 0 atom stereocenters. The first-order chi connectivity index (χ1) is 14.2. The topological polar surface area (TPSA) is 72.7 Å². The molecule has 3 aromatic rings. The van der Waals surface area contributed by atoms with Gasteiger partial charge in [-0.15, -0.1) is 10.2 Å². The van der Waals surface area contributed by atoms with Crippen molar-refractivity contribution in [3.8, 4) is 11.4 Å². The van der Waals surface area contributed by atoms with Gasteiger partial charge in [0.05, 0.1) is 12.0 Å². The SMILES string of the molecule is CC(C)c1ccc(-c2nnn(CC(C)(C)C(=O)NCc3ccc(F)cc3Cl)n2)cc1. The minimum Gasteiger partial charge on any atom is -0.351 e. The largest absolute Gasteiger partial charge is 0.351 e. The van der Waals surface area contributed by atoms with Crippen molar-refractivity contribution in [2.24, 2.45) is 5.41 Å². The summed E-state index contributed by atoms with van der Waals surface area (Å²) in [5.74, 6) is 0.358. The van der Waals surface area contributed by atoms with Crippen molar-refractivity contribution in [1.82, 2.24) is 25.5 Å². The van der Waals surface area contributed by atoms with E-state index in [1.165, 1.54) is 22.5 Å².